The second-order valence-electron chi connectivity index (χ2n) is 10.8. The number of nitrogens with two attached hydrogens (primary N) is 1. The van der Waals surface area contributed by atoms with E-state index in [9.17, 15) is 19.5 Å². The summed E-state index contributed by atoms with van der Waals surface area (Å²) < 4.78 is 5.85. The lowest BCUT2D eigenvalue weighted by molar-refractivity contribution is -0.147. The van der Waals surface area contributed by atoms with E-state index in [1.54, 1.807) is 9.80 Å². The van der Waals surface area contributed by atoms with Crippen LogP contribution in [0.15, 0.2) is 60.7 Å². The van der Waals surface area contributed by atoms with Gasteiger partial charge in [0.15, 0.2) is 0 Å². The first-order chi connectivity index (χ1) is 18.2. The lowest BCUT2D eigenvalue weighted by atomic mass is 9.69. The van der Waals surface area contributed by atoms with Gasteiger partial charge in [-0.1, -0.05) is 60.7 Å². The molecule has 4 N–H and O–H groups in total. The second-order valence-corrected chi connectivity index (χ2v) is 10.8. The molecule has 3 amide bonds. The van der Waals surface area contributed by atoms with Crippen LogP contribution in [0.1, 0.15) is 36.8 Å². The minimum absolute atomic E-state index is 0.0408. The number of carbonyl (C=O) groups is 3. The molecule has 2 aliphatic rings. The van der Waals surface area contributed by atoms with E-state index in [4.69, 9.17) is 10.5 Å². The first-order valence-corrected chi connectivity index (χ1v) is 13.1. The Labute approximate surface area is 223 Å². The van der Waals surface area contributed by atoms with Crippen LogP contribution in [-0.4, -0.2) is 84.1 Å². The molecule has 0 aromatic heterocycles. The van der Waals surface area contributed by atoms with E-state index in [-0.39, 0.29) is 37.5 Å². The minimum atomic E-state index is -1.55. The Morgan fingerprint density at radius 3 is 2.50 bits per heavy atom. The van der Waals surface area contributed by atoms with E-state index in [1.807, 2.05) is 67.7 Å². The van der Waals surface area contributed by atoms with Gasteiger partial charge in [0.1, 0.15) is 11.6 Å². The van der Waals surface area contributed by atoms with Gasteiger partial charge in [-0.2, -0.15) is 0 Å². The summed E-state index contributed by atoms with van der Waals surface area (Å²) in [5.41, 5.74) is 5.68. The molecule has 2 heterocycles. The van der Waals surface area contributed by atoms with Crippen molar-refractivity contribution >= 4 is 17.7 Å². The van der Waals surface area contributed by atoms with Crippen LogP contribution < -0.4 is 11.1 Å². The molecule has 2 aromatic rings. The summed E-state index contributed by atoms with van der Waals surface area (Å²) in [6.45, 7) is 2.36. The third-order valence-electron chi connectivity index (χ3n) is 7.78. The zero-order chi connectivity index (χ0) is 27.3. The number of benzene rings is 2. The third kappa shape index (κ3) is 5.75. The molecular formula is C29H38N4O5. The highest BCUT2D eigenvalue weighted by atomic mass is 16.5. The largest absolute Gasteiger partial charge is 0.394 e. The summed E-state index contributed by atoms with van der Waals surface area (Å²) in [6.07, 6.45) is 1.36. The normalized spacial score (nSPS) is 23.8. The maximum absolute atomic E-state index is 13.9. The van der Waals surface area contributed by atoms with Crippen molar-refractivity contribution in [3.05, 3.63) is 71.8 Å². The number of likely N-dealkylation sites (tertiary alicyclic amines) is 2. The Morgan fingerprint density at radius 2 is 1.84 bits per heavy atom. The molecular weight excluding hydrogens is 484 g/mol. The summed E-state index contributed by atoms with van der Waals surface area (Å²) in [7, 11) is 1.81. The zero-order valence-corrected chi connectivity index (χ0v) is 22.1. The first-order valence-electron chi connectivity index (χ1n) is 13.1. The average molecular weight is 523 g/mol. The van der Waals surface area contributed by atoms with Crippen LogP contribution >= 0.6 is 0 Å². The lowest BCUT2D eigenvalue weighted by Crippen LogP contribution is -2.62. The van der Waals surface area contributed by atoms with Crippen LogP contribution in [0.3, 0.4) is 0 Å². The highest BCUT2D eigenvalue weighted by molar-refractivity contribution is 5.93. The fourth-order valence-corrected chi connectivity index (χ4v) is 5.56. The number of aliphatic hydroxyl groups excluding tert-OH is 1. The van der Waals surface area contributed by atoms with Gasteiger partial charge in [-0.3, -0.25) is 14.4 Å². The molecule has 2 unspecified atom stereocenters. The van der Waals surface area contributed by atoms with Gasteiger partial charge in [0, 0.05) is 32.6 Å². The maximum Gasteiger partial charge on any atom is 0.247 e. The number of carbonyl (C=O) groups excluding carboxylic acids is 3. The third-order valence-corrected chi connectivity index (χ3v) is 7.78. The van der Waals surface area contributed by atoms with Crippen molar-refractivity contribution in [1.82, 2.24) is 15.1 Å². The van der Waals surface area contributed by atoms with Gasteiger partial charge < -0.3 is 30.7 Å². The summed E-state index contributed by atoms with van der Waals surface area (Å²) in [5, 5.41) is 12.3. The van der Waals surface area contributed by atoms with Crippen molar-refractivity contribution in [1.29, 1.82) is 0 Å². The number of nitrogens with zero attached hydrogens (tertiary/aromatic N) is 2. The fraction of sp³-hybridized carbons (Fsp3) is 0.483. The van der Waals surface area contributed by atoms with Crippen LogP contribution in [0, 0.1) is 5.41 Å². The number of hydrogen-bond donors (Lipinski definition) is 3. The van der Waals surface area contributed by atoms with E-state index in [1.165, 1.54) is 6.92 Å². The monoisotopic (exact) mass is 522 g/mol. The summed E-state index contributed by atoms with van der Waals surface area (Å²) >= 11 is 0. The van der Waals surface area contributed by atoms with Crippen LogP contribution in [-0.2, 0) is 25.7 Å². The van der Waals surface area contributed by atoms with Gasteiger partial charge in [-0.15, -0.1) is 0 Å². The molecule has 9 heteroatoms. The second kappa shape index (κ2) is 11.6. The molecule has 1 spiro atoms. The first kappa shape index (κ1) is 27.8. The molecule has 0 saturated carbocycles. The van der Waals surface area contributed by atoms with Crippen molar-refractivity contribution in [2.45, 2.75) is 43.9 Å². The highest BCUT2D eigenvalue weighted by Gasteiger charge is 2.55. The van der Waals surface area contributed by atoms with Crippen LogP contribution in [0.25, 0.3) is 0 Å². The van der Waals surface area contributed by atoms with Crippen molar-refractivity contribution in [2.24, 2.45) is 11.1 Å². The number of rotatable bonds is 9. The molecule has 2 aliphatic heterocycles. The average Bonchev–Trinajstić information content (AvgIpc) is 3.17. The maximum atomic E-state index is 13.9. The Bertz CT molecular complexity index is 1130. The topological polar surface area (TPSA) is 125 Å². The smallest absolute Gasteiger partial charge is 0.247 e. The Kier molecular flexibility index (Phi) is 8.50. The van der Waals surface area contributed by atoms with Crippen molar-refractivity contribution in [2.75, 3.05) is 39.9 Å². The molecule has 38 heavy (non-hydrogen) atoms. The Hall–Kier alpha value is -3.27. The minimum Gasteiger partial charge on any atom is -0.394 e. The number of amides is 3. The summed E-state index contributed by atoms with van der Waals surface area (Å²) in [4.78, 5) is 43.7. The van der Waals surface area contributed by atoms with E-state index >= 15 is 0 Å². The van der Waals surface area contributed by atoms with Crippen LogP contribution in [0.2, 0.25) is 0 Å². The quantitative estimate of drug-likeness (QED) is 0.455. The molecule has 9 nitrogen and oxygen atoms in total. The van der Waals surface area contributed by atoms with Crippen molar-refractivity contribution in [3.63, 3.8) is 0 Å². The summed E-state index contributed by atoms with van der Waals surface area (Å²) in [5.74, 6) is -0.971. The van der Waals surface area contributed by atoms with E-state index < -0.39 is 29.5 Å². The lowest BCUT2D eigenvalue weighted by Gasteiger charge is -2.43. The van der Waals surface area contributed by atoms with Crippen molar-refractivity contribution < 1.29 is 24.2 Å². The number of aliphatic hydroxyl groups is 1. The van der Waals surface area contributed by atoms with E-state index in [0.717, 1.165) is 11.1 Å². The zero-order valence-electron chi connectivity index (χ0n) is 22.1. The fourth-order valence-electron chi connectivity index (χ4n) is 5.56. The van der Waals surface area contributed by atoms with Gasteiger partial charge >= 0.3 is 0 Å². The van der Waals surface area contributed by atoms with Gasteiger partial charge in [-0.25, -0.2) is 0 Å². The molecule has 0 radical (unpaired) electrons. The molecule has 2 saturated heterocycles. The van der Waals surface area contributed by atoms with Gasteiger partial charge in [0.2, 0.25) is 17.7 Å². The molecule has 4 atom stereocenters. The van der Waals surface area contributed by atoms with Crippen LogP contribution in [0.5, 0.6) is 0 Å². The van der Waals surface area contributed by atoms with E-state index in [2.05, 4.69) is 5.32 Å². The number of hydrogen-bond acceptors (Lipinski definition) is 6. The molecule has 2 aromatic carbocycles. The number of ether oxygens (including phenoxy) is 1. The summed E-state index contributed by atoms with van der Waals surface area (Å²) in [6, 6.07) is 18.5. The predicted octanol–water partition coefficient (Wildman–Crippen LogP) is 1.26. The number of piperidine rings is 1. The van der Waals surface area contributed by atoms with Crippen molar-refractivity contribution in [3.8, 4) is 0 Å². The van der Waals surface area contributed by atoms with Gasteiger partial charge in [0.25, 0.3) is 0 Å². The molecule has 4 rings (SSSR count). The van der Waals surface area contributed by atoms with Crippen LogP contribution in [0.4, 0.5) is 0 Å². The highest BCUT2D eigenvalue weighted by Crippen LogP contribution is 2.49. The van der Waals surface area contributed by atoms with Gasteiger partial charge in [0.05, 0.1) is 25.2 Å². The number of nitrogens with one attached hydrogen (secondary N) is 1. The predicted molar refractivity (Wildman–Crippen MR) is 143 cm³/mol. The SMILES string of the molecule is CN1CC(c2ccccc2)C2(CCCN(C(=O)[C@@H](COCc3ccccc3)NC(=O)[C@@](C)(N)CO)C2)C1=O. The molecule has 204 valence electrons. The van der Waals surface area contributed by atoms with E-state index in [0.29, 0.717) is 25.9 Å². The van der Waals surface area contributed by atoms with Gasteiger partial charge in [-0.05, 0) is 30.9 Å². The Balaban J connectivity index is 1.55. The molecule has 2 fully saturated rings. The number of likely N-dealkylation sites (N-methyl/N-ethyl adjacent to an activating group) is 1. The molecule has 0 aliphatic carbocycles. The molecule has 0 bridgehead atoms. The standard InChI is InChI=1S/C29H38N4O5/c1-28(30,20-34)26(36)31-24(18-38-17-21-10-5-3-6-11-21)25(35)33-15-9-14-29(19-33)23(16-32(2)27(29)37)22-12-7-4-8-13-22/h3-8,10-13,23-24,34H,9,14-20,30H2,1-2H3,(H,31,36)/t23?,24-,28+,29?/m1/s1. The Morgan fingerprint density at radius 1 is 1.18 bits per heavy atom.